The van der Waals surface area contributed by atoms with Crippen molar-refractivity contribution in [2.24, 2.45) is 0 Å². The predicted molar refractivity (Wildman–Crippen MR) is 102 cm³/mol. The molecule has 1 aromatic carbocycles. The molecule has 0 radical (unpaired) electrons. The Morgan fingerprint density at radius 2 is 1.96 bits per heavy atom. The van der Waals surface area contributed by atoms with Gasteiger partial charge in [-0.1, -0.05) is 19.1 Å². The molecule has 0 aliphatic heterocycles. The molecule has 0 unspecified atom stereocenters. The first-order valence-corrected chi connectivity index (χ1v) is 7.35. The Balaban J connectivity index is 0.00000104. The van der Waals surface area contributed by atoms with E-state index in [0.717, 1.165) is 34.2 Å². The zero-order chi connectivity index (χ0) is 15.1. The molecule has 0 aliphatic carbocycles. The van der Waals surface area contributed by atoms with Gasteiger partial charge in [-0.25, -0.2) is 4.98 Å². The third-order valence-corrected chi connectivity index (χ3v) is 3.96. The van der Waals surface area contributed by atoms with Gasteiger partial charge >= 0.3 is 0 Å². The summed E-state index contributed by atoms with van der Waals surface area (Å²) < 4.78 is 2.13. The molecule has 0 spiro atoms. The van der Waals surface area contributed by atoms with E-state index in [1.807, 2.05) is 42.6 Å². The van der Waals surface area contributed by atoms with Gasteiger partial charge in [0.05, 0.1) is 11.4 Å². The van der Waals surface area contributed by atoms with Crippen molar-refractivity contribution in [3.63, 3.8) is 0 Å². The summed E-state index contributed by atoms with van der Waals surface area (Å²) in [5.74, 6) is 0. The van der Waals surface area contributed by atoms with Crippen LogP contribution in [-0.4, -0.2) is 19.8 Å². The van der Waals surface area contributed by atoms with Crippen molar-refractivity contribution in [2.45, 2.75) is 13.3 Å². The van der Waals surface area contributed by atoms with Gasteiger partial charge in [0.1, 0.15) is 5.65 Å². The fraction of sp³-hybridized carbons (Fsp3) is 0.111. The van der Waals surface area contributed by atoms with Crippen LogP contribution in [0.2, 0.25) is 0 Å². The highest BCUT2D eigenvalue weighted by atomic mass is 79.9. The van der Waals surface area contributed by atoms with E-state index >= 15 is 0 Å². The van der Waals surface area contributed by atoms with Crippen molar-refractivity contribution >= 4 is 33.5 Å². The number of aryl methyl sites for hydroxylation is 1. The maximum absolute atomic E-state index is 11.4. The summed E-state index contributed by atoms with van der Waals surface area (Å²) in [5.41, 5.74) is 4.98. The molecule has 4 aromatic rings. The fourth-order valence-corrected chi connectivity index (χ4v) is 2.92. The highest BCUT2D eigenvalue weighted by Gasteiger charge is 2.12. The number of fused-ring (bicyclic) bond motifs is 2. The molecule has 0 atom stereocenters. The van der Waals surface area contributed by atoms with Crippen molar-refractivity contribution in [1.82, 2.24) is 14.4 Å². The summed E-state index contributed by atoms with van der Waals surface area (Å²) >= 11 is 0. The normalized spacial score (nSPS) is 10.4. The summed E-state index contributed by atoms with van der Waals surface area (Å²) in [6.07, 6.45) is 2.95. The quantitative estimate of drug-likeness (QED) is 0.572. The number of rotatable bonds is 2. The number of H-pyrrole nitrogens is 1. The number of hydrogen-bond donors (Lipinski definition) is 1. The highest BCUT2D eigenvalue weighted by Crippen LogP contribution is 2.27. The van der Waals surface area contributed by atoms with Crippen molar-refractivity contribution in [2.75, 3.05) is 0 Å². The van der Waals surface area contributed by atoms with Crippen LogP contribution in [0.4, 0.5) is 0 Å². The number of aromatic nitrogens is 3. The molecule has 6 heteroatoms. The third kappa shape index (κ3) is 2.86. The first kappa shape index (κ1) is 17.9. The number of benzene rings is 1. The third-order valence-electron chi connectivity index (χ3n) is 3.96. The van der Waals surface area contributed by atoms with Gasteiger partial charge in [0.25, 0.3) is 0 Å². The van der Waals surface area contributed by atoms with E-state index in [1.165, 1.54) is 5.69 Å². The van der Waals surface area contributed by atoms with E-state index in [-0.39, 0.29) is 28.0 Å². The molecule has 3 N–H and O–H groups in total. The highest BCUT2D eigenvalue weighted by molar-refractivity contribution is 8.93. The van der Waals surface area contributed by atoms with Crippen molar-refractivity contribution in [3.8, 4) is 11.3 Å². The van der Waals surface area contributed by atoms with Gasteiger partial charge in [0.15, 0.2) is 0 Å². The van der Waals surface area contributed by atoms with Crippen LogP contribution in [0.25, 0.3) is 27.8 Å². The molecule has 0 fully saturated rings. The van der Waals surface area contributed by atoms with Crippen LogP contribution in [0.3, 0.4) is 0 Å². The molecule has 0 saturated heterocycles. The Kier molecular flexibility index (Phi) is 5.21. The second kappa shape index (κ2) is 6.98. The van der Waals surface area contributed by atoms with Crippen molar-refractivity contribution < 1.29 is 5.48 Å². The van der Waals surface area contributed by atoms with Crippen LogP contribution in [0.15, 0.2) is 59.5 Å². The molecule has 0 bridgehead atoms. The van der Waals surface area contributed by atoms with Crippen LogP contribution < -0.4 is 5.56 Å². The lowest BCUT2D eigenvalue weighted by molar-refractivity contribution is 0.824. The average molecular weight is 388 g/mol. The molecule has 4 rings (SSSR count). The Morgan fingerprint density at radius 3 is 2.75 bits per heavy atom. The van der Waals surface area contributed by atoms with E-state index < -0.39 is 0 Å². The number of nitrogens with one attached hydrogen (secondary N) is 1. The second-order valence-electron chi connectivity index (χ2n) is 5.31. The summed E-state index contributed by atoms with van der Waals surface area (Å²) in [7, 11) is 0. The fourth-order valence-electron chi connectivity index (χ4n) is 2.92. The average Bonchev–Trinajstić information content (AvgIpc) is 2.93. The van der Waals surface area contributed by atoms with Gasteiger partial charge in [-0.2, -0.15) is 0 Å². The molecule has 0 amide bonds. The lowest BCUT2D eigenvalue weighted by Crippen LogP contribution is -2.02. The summed E-state index contributed by atoms with van der Waals surface area (Å²) in [6.45, 7) is 2.14. The largest absolute Gasteiger partial charge is 0.412 e. The zero-order valence-corrected chi connectivity index (χ0v) is 14.8. The second-order valence-corrected chi connectivity index (χ2v) is 5.31. The van der Waals surface area contributed by atoms with E-state index in [4.69, 9.17) is 4.98 Å². The molecule has 0 aliphatic rings. The monoisotopic (exact) mass is 387 g/mol. The molecule has 0 saturated carbocycles. The van der Waals surface area contributed by atoms with Crippen molar-refractivity contribution in [3.05, 3.63) is 70.8 Å². The van der Waals surface area contributed by atoms with E-state index in [9.17, 15) is 4.79 Å². The van der Waals surface area contributed by atoms with Crippen LogP contribution >= 0.6 is 17.0 Å². The molecular formula is C18H18BrN3O2. The maximum Gasteiger partial charge on any atom is 0.248 e. The number of pyridine rings is 2. The molecule has 3 heterocycles. The molecular weight excluding hydrogens is 370 g/mol. The van der Waals surface area contributed by atoms with E-state index in [0.29, 0.717) is 0 Å². The molecule has 24 heavy (non-hydrogen) atoms. The number of halogens is 1. The standard InChI is InChI=1S/C18H15N3O.BrH.H2O/c1-2-15-18(20-16-5-3-4-10-21(15)16)13-6-8-14-12(11-13)7-9-17(22)19-14;;/h3-11H,2H2,1H3,(H,19,22);1H;1H2. The SMILES string of the molecule is Br.CCc1c(-c2ccc3[nH]c(=O)ccc3c2)nc2ccccn12.O. The number of nitrogens with zero attached hydrogens (tertiary/aromatic N) is 2. The van der Waals surface area contributed by atoms with Gasteiger partial charge < -0.3 is 14.9 Å². The van der Waals surface area contributed by atoms with E-state index in [2.05, 4.69) is 22.4 Å². The summed E-state index contributed by atoms with van der Waals surface area (Å²) in [5, 5.41) is 1.01. The maximum atomic E-state index is 11.4. The van der Waals surface area contributed by atoms with Crippen LogP contribution in [-0.2, 0) is 6.42 Å². The summed E-state index contributed by atoms with van der Waals surface area (Å²) in [6, 6.07) is 15.5. The van der Waals surface area contributed by atoms with Gasteiger partial charge in [0.2, 0.25) is 5.56 Å². The zero-order valence-electron chi connectivity index (χ0n) is 13.1. The van der Waals surface area contributed by atoms with Gasteiger partial charge in [-0.15, -0.1) is 17.0 Å². The van der Waals surface area contributed by atoms with Crippen molar-refractivity contribution in [1.29, 1.82) is 0 Å². The smallest absolute Gasteiger partial charge is 0.248 e. The molecule has 124 valence electrons. The Bertz CT molecular complexity index is 1050. The van der Waals surface area contributed by atoms with Gasteiger partial charge in [0, 0.05) is 23.3 Å². The minimum Gasteiger partial charge on any atom is -0.412 e. The van der Waals surface area contributed by atoms with Crippen LogP contribution in [0, 0.1) is 0 Å². The first-order chi connectivity index (χ1) is 10.8. The van der Waals surface area contributed by atoms with Gasteiger partial charge in [-0.3, -0.25) is 4.79 Å². The predicted octanol–water partition coefficient (Wildman–Crippen LogP) is 3.16. The van der Waals surface area contributed by atoms with Gasteiger partial charge in [-0.05, 0) is 42.1 Å². The summed E-state index contributed by atoms with van der Waals surface area (Å²) in [4.78, 5) is 19.0. The first-order valence-electron chi connectivity index (χ1n) is 7.35. The lowest BCUT2D eigenvalue weighted by atomic mass is 10.1. The molecule has 3 aromatic heterocycles. The Morgan fingerprint density at radius 1 is 1.12 bits per heavy atom. The Hall–Kier alpha value is -2.44. The number of aromatic amines is 1. The number of hydrogen-bond acceptors (Lipinski definition) is 2. The van der Waals surface area contributed by atoms with Crippen LogP contribution in [0.1, 0.15) is 12.6 Å². The number of imidazole rings is 1. The molecule has 5 nitrogen and oxygen atoms in total. The van der Waals surface area contributed by atoms with Crippen LogP contribution in [0.5, 0.6) is 0 Å². The van der Waals surface area contributed by atoms with E-state index in [1.54, 1.807) is 6.07 Å². The minimum atomic E-state index is -0.0813. The lowest BCUT2D eigenvalue weighted by Gasteiger charge is -2.04. The minimum absolute atomic E-state index is 0. The topological polar surface area (TPSA) is 81.7 Å². The Labute approximate surface area is 149 Å².